The zero-order chi connectivity index (χ0) is 17.4. The van der Waals surface area contributed by atoms with Crippen molar-refractivity contribution in [3.05, 3.63) is 46.9 Å². The fraction of sp³-hybridized carbons (Fsp3) is 0.222. The molecule has 2 aromatic heterocycles. The number of nitrogens with zero attached hydrogens (tertiary/aromatic N) is 3. The molecule has 3 heterocycles. The average Bonchev–Trinajstić information content (AvgIpc) is 3.20. The first-order chi connectivity index (χ1) is 12.2. The molecule has 1 aliphatic rings. The van der Waals surface area contributed by atoms with E-state index in [1.807, 2.05) is 25.3 Å². The zero-order valence-electron chi connectivity index (χ0n) is 14.0. The number of nitrogens with one attached hydrogen (secondary N) is 2. The lowest BCUT2D eigenvalue weighted by Crippen LogP contribution is -2.06. The molecule has 0 aliphatic carbocycles. The maximum absolute atomic E-state index is 12.1. The molecule has 7 heteroatoms. The molecule has 0 fully saturated rings. The second kappa shape index (κ2) is 6.01. The van der Waals surface area contributed by atoms with Crippen LogP contribution in [0.15, 0.2) is 29.5 Å². The number of aromatic amines is 1. The third-order valence-corrected chi connectivity index (χ3v) is 4.22. The maximum Gasteiger partial charge on any atom is 0.355 e. The highest BCUT2D eigenvalue weighted by molar-refractivity contribution is 6.01. The zero-order valence-corrected chi connectivity index (χ0v) is 14.0. The smallest absolute Gasteiger partial charge is 0.355 e. The number of aromatic nitrogens is 3. The van der Waals surface area contributed by atoms with Gasteiger partial charge in [0.15, 0.2) is 0 Å². The molecule has 25 heavy (non-hydrogen) atoms. The number of anilines is 2. The van der Waals surface area contributed by atoms with E-state index < -0.39 is 5.97 Å². The fourth-order valence-corrected chi connectivity index (χ4v) is 2.99. The summed E-state index contributed by atoms with van der Waals surface area (Å²) >= 11 is 0. The number of aliphatic imine (C=N–C) groups is 1. The van der Waals surface area contributed by atoms with E-state index in [0.29, 0.717) is 23.8 Å². The first-order valence-electron chi connectivity index (χ1n) is 8.07. The number of ether oxygens (including phenoxy) is 1. The normalized spacial score (nSPS) is 12.4. The number of hydrogen-bond donors (Lipinski definition) is 2. The number of benzene rings is 1. The SMILES string of the molecule is CCOC(=O)c1[nH]c2ncnc(Nc3ccc4c(c3)C=NC4)c2c1C. The van der Waals surface area contributed by atoms with Crippen molar-refractivity contribution in [2.45, 2.75) is 20.4 Å². The average molecular weight is 335 g/mol. The van der Waals surface area contributed by atoms with Gasteiger partial charge in [0.1, 0.15) is 23.5 Å². The molecule has 0 unspecified atom stereocenters. The van der Waals surface area contributed by atoms with Crippen LogP contribution in [-0.4, -0.2) is 33.7 Å². The second-order valence-electron chi connectivity index (χ2n) is 5.80. The molecule has 0 atom stereocenters. The number of esters is 1. The summed E-state index contributed by atoms with van der Waals surface area (Å²) in [7, 11) is 0. The number of carbonyl (C=O) groups excluding carboxylic acids is 1. The Labute approximate surface area is 144 Å². The van der Waals surface area contributed by atoms with E-state index in [1.165, 1.54) is 11.9 Å². The van der Waals surface area contributed by atoms with Gasteiger partial charge in [-0.3, -0.25) is 4.99 Å². The van der Waals surface area contributed by atoms with Crippen LogP contribution in [0.5, 0.6) is 0 Å². The Morgan fingerprint density at radius 2 is 2.24 bits per heavy atom. The first kappa shape index (κ1) is 15.3. The van der Waals surface area contributed by atoms with Gasteiger partial charge in [-0.1, -0.05) is 6.07 Å². The van der Waals surface area contributed by atoms with Crippen molar-refractivity contribution < 1.29 is 9.53 Å². The molecule has 0 amide bonds. The van der Waals surface area contributed by atoms with E-state index in [9.17, 15) is 4.79 Å². The van der Waals surface area contributed by atoms with Crippen LogP contribution < -0.4 is 5.32 Å². The summed E-state index contributed by atoms with van der Waals surface area (Å²) in [5.74, 6) is 0.252. The van der Waals surface area contributed by atoms with Crippen LogP contribution in [0.1, 0.15) is 34.1 Å². The Kier molecular flexibility index (Phi) is 3.68. The Morgan fingerprint density at radius 1 is 1.36 bits per heavy atom. The standard InChI is InChI=1S/C18H17N5O2/c1-3-25-18(24)15-10(2)14-16(20-9-21-17(14)23-15)22-13-5-4-11-7-19-8-12(11)6-13/h4-6,8-9H,3,7H2,1-2H3,(H2,20,21,22,23). The van der Waals surface area contributed by atoms with Gasteiger partial charge in [-0.15, -0.1) is 0 Å². The molecule has 1 aromatic carbocycles. The summed E-state index contributed by atoms with van der Waals surface area (Å²) in [6.07, 6.45) is 3.33. The predicted molar refractivity (Wildman–Crippen MR) is 95.6 cm³/mol. The monoisotopic (exact) mass is 335 g/mol. The van der Waals surface area contributed by atoms with Gasteiger partial charge in [0, 0.05) is 11.9 Å². The van der Waals surface area contributed by atoms with Crippen LogP contribution in [0.25, 0.3) is 11.0 Å². The van der Waals surface area contributed by atoms with Crippen molar-refractivity contribution in [2.24, 2.45) is 4.99 Å². The molecular formula is C18H17N5O2. The molecule has 0 saturated carbocycles. The van der Waals surface area contributed by atoms with Gasteiger partial charge in [0.05, 0.1) is 18.5 Å². The van der Waals surface area contributed by atoms with E-state index in [0.717, 1.165) is 28.7 Å². The third kappa shape index (κ3) is 2.63. The lowest BCUT2D eigenvalue weighted by molar-refractivity contribution is 0.0519. The summed E-state index contributed by atoms with van der Waals surface area (Å²) in [5, 5.41) is 4.09. The molecule has 4 rings (SSSR count). The van der Waals surface area contributed by atoms with Crippen molar-refractivity contribution in [3.8, 4) is 0 Å². The van der Waals surface area contributed by atoms with Gasteiger partial charge >= 0.3 is 5.97 Å². The van der Waals surface area contributed by atoms with Gasteiger partial charge in [-0.2, -0.15) is 0 Å². The molecule has 0 bridgehead atoms. The summed E-state index contributed by atoms with van der Waals surface area (Å²) in [5.41, 5.74) is 4.99. The molecule has 2 N–H and O–H groups in total. The molecule has 1 aliphatic heterocycles. The number of carbonyl (C=O) groups is 1. The van der Waals surface area contributed by atoms with E-state index in [4.69, 9.17) is 4.74 Å². The molecule has 126 valence electrons. The molecular weight excluding hydrogens is 318 g/mol. The minimum atomic E-state index is -0.391. The number of fused-ring (bicyclic) bond motifs is 2. The minimum absolute atomic E-state index is 0.321. The summed E-state index contributed by atoms with van der Waals surface area (Å²) in [6, 6.07) is 6.08. The van der Waals surface area contributed by atoms with Crippen molar-refractivity contribution in [3.63, 3.8) is 0 Å². The van der Waals surface area contributed by atoms with Crippen LogP contribution in [0.4, 0.5) is 11.5 Å². The van der Waals surface area contributed by atoms with Gasteiger partial charge in [-0.05, 0) is 42.7 Å². The van der Waals surface area contributed by atoms with Crippen LogP contribution >= 0.6 is 0 Å². The highest BCUT2D eigenvalue weighted by atomic mass is 16.5. The Morgan fingerprint density at radius 3 is 3.08 bits per heavy atom. The lowest BCUT2D eigenvalue weighted by Gasteiger charge is -2.08. The maximum atomic E-state index is 12.1. The fourth-order valence-electron chi connectivity index (χ4n) is 2.99. The van der Waals surface area contributed by atoms with Gasteiger partial charge in [0.25, 0.3) is 0 Å². The van der Waals surface area contributed by atoms with Crippen molar-refractivity contribution in [1.29, 1.82) is 0 Å². The minimum Gasteiger partial charge on any atom is -0.461 e. The van der Waals surface area contributed by atoms with E-state index in [1.54, 1.807) is 6.92 Å². The Hall–Kier alpha value is -3.22. The van der Waals surface area contributed by atoms with Crippen LogP contribution in [0.3, 0.4) is 0 Å². The van der Waals surface area contributed by atoms with Crippen LogP contribution in [0.2, 0.25) is 0 Å². The topological polar surface area (TPSA) is 92.3 Å². The van der Waals surface area contributed by atoms with Crippen molar-refractivity contribution in [1.82, 2.24) is 15.0 Å². The van der Waals surface area contributed by atoms with Crippen LogP contribution in [0, 0.1) is 6.92 Å². The highest BCUT2D eigenvalue weighted by Gasteiger charge is 2.19. The predicted octanol–water partition coefficient (Wildman–Crippen LogP) is 3.12. The third-order valence-electron chi connectivity index (χ3n) is 4.22. The number of rotatable bonds is 4. The van der Waals surface area contributed by atoms with Crippen molar-refractivity contribution >= 4 is 34.7 Å². The summed E-state index contributed by atoms with van der Waals surface area (Å²) < 4.78 is 5.09. The summed E-state index contributed by atoms with van der Waals surface area (Å²) in [4.78, 5) is 28.0. The highest BCUT2D eigenvalue weighted by Crippen LogP contribution is 2.29. The van der Waals surface area contributed by atoms with Crippen molar-refractivity contribution in [2.75, 3.05) is 11.9 Å². The quantitative estimate of drug-likeness (QED) is 0.715. The van der Waals surface area contributed by atoms with E-state index >= 15 is 0 Å². The second-order valence-corrected chi connectivity index (χ2v) is 5.80. The Balaban J connectivity index is 1.75. The molecule has 0 radical (unpaired) electrons. The molecule has 3 aromatic rings. The van der Waals surface area contributed by atoms with Gasteiger partial charge in [0.2, 0.25) is 0 Å². The Bertz CT molecular complexity index is 1010. The largest absolute Gasteiger partial charge is 0.461 e. The van der Waals surface area contributed by atoms with Crippen LogP contribution in [-0.2, 0) is 11.3 Å². The van der Waals surface area contributed by atoms with E-state index in [2.05, 4.69) is 31.3 Å². The number of H-pyrrole nitrogens is 1. The molecule has 7 nitrogen and oxygen atoms in total. The molecule has 0 spiro atoms. The summed E-state index contributed by atoms with van der Waals surface area (Å²) in [6.45, 7) is 4.68. The van der Waals surface area contributed by atoms with Gasteiger partial charge in [-0.25, -0.2) is 14.8 Å². The number of aryl methyl sites for hydroxylation is 1. The van der Waals surface area contributed by atoms with E-state index in [-0.39, 0.29) is 0 Å². The lowest BCUT2D eigenvalue weighted by atomic mass is 10.1. The van der Waals surface area contributed by atoms with Gasteiger partial charge < -0.3 is 15.0 Å². The first-order valence-corrected chi connectivity index (χ1v) is 8.07. The number of hydrogen-bond acceptors (Lipinski definition) is 6. The molecule has 0 saturated heterocycles.